The molecule has 0 saturated carbocycles. The Hall–Kier alpha value is -1.54. The summed E-state index contributed by atoms with van der Waals surface area (Å²) in [6, 6.07) is 5.18. The first-order valence-corrected chi connectivity index (χ1v) is 6.99. The van der Waals surface area contributed by atoms with Crippen LogP contribution in [0.15, 0.2) is 18.2 Å². The second kappa shape index (κ2) is 7.30. The minimum Gasteiger partial charge on any atom is -0.368 e. The fourth-order valence-corrected chi connectivity index (χ4v) is 2.21. The molecule has 0 spiro atoms. The maximum absolute atomic E-state index is 12.2. The first kappa shape index (κ1) is 14.9. The van der Waals surface area contributed by atoms with Crippen LogP contribution in [0.25, 0.3) is 0 Å². The monoisotopic (exact) mass is 292 g/mol. The maximum Gasteiger partial charge on any atom is 0.253 e. The predicted molar refractivity (Wildman–Crippen MR) is 79.6 cm³/mol. The summed E-state index contributed by atoms with van der Waals surface area (Å²) in [5.41, 5.74) is 6.66. The number of nitrogens with two attached hydrogens (primary N) is 1. The van der Waals surface area contributed by atoms with Crippen LogP contribution < -0.4 is 11.1 Å². The number of hydrogen-bond acceptors (Lipinski definition) is 3. The van der Waals surface area contributed by atoms with Crippen molar-refractivity contribution in [3.63, 3.8) is 0 Å². The van der Waals surface area contributed by atoms with Crippen molar-refractivity contribution in [3.05, 3.63) is 28.8 Å². The molecular weight excluding hydrogens is 276 g/mol. The largest absolute Gasteiger partial charge is 0.368 e. The van der Waals surface area contributed by atoms with Crippen molar-refractivity contribution >= 4 is 23.2 Å². The standard InChI is InChI=1S/C15H17ClN2O2/c16-12-7-6-11(4-3-8-17)13(10-12)18-15(19)14-5-1-2-9-20-14/h6-7,10,14H,1-2,5,8-9,17H2,(H,18,19). The fraction of sp³-hybridized carbons (Fsp3) is 0.400. The molecule has 1 unspecified atom stereocenters. The summed E-state index contributed by atoms with van der Waals surface area (Å²) < 4.78 is 5.46. The quantitative estimate of drug-likeness (QED) is 0.821. The molecule has 1 fully saturated rings. The lowest BCUT2D eigenvalue weighted by Gasteiger charge is -2.22. The Labute approximate surface area is 123 Å². The molecule has 1 aromatic rings. The highest BCUT2D eigenvalue weighted by molar-refractivity contribution is 6.31. The Balaban J connectivity index is 2.14. The van der Waals surface area contributed by atoms with Crippen molar-refractivity contribution in [1.82, 2.24) is 0 Å². The Bertz CT molecular complexity index is 543. The fourth-order valence-electron chi connectivity index (χ4n) is 2.04. The van der Waals surface area contributed by atoms with Gasteiger partial charge in [-0.1, -0.05) is 23.4 Å². The Kier molecular flexibility index (Phi) is 5.42. The van der Waals surface area contributed by atoms with Crippen LogP contribution in [0.4, 0.5) is 5.69 Å². The Morgan fingerprint density at radius 3 is 3.05 bits per heavy atom. The van der Waals surface area contributed by atoms with Gasteiger partial charge < -0.3 is 15.8 Å². The molecule has 1 aliphatic rings. The van der Waals surface area contributed by atoms with Gasteiger partial charge in [-0.3, -0.25) is 4.79 Å². The van der Waals surface area contributed by atoms with Gasteiger partial charge in [-0.2, -0.15) is 0 Å². The molecular formula is C15H17ClN2O2. The third kappa shape index (κ3) is 3.97. The number of ether oxygens (including phenoxy) is 1. The molecule has 0 radical (unpaired) electrons. The average Bonchev–Trinajstić information content (AvgIpc) is 2.47. The van der Waals surface area contributed by atoms with E-state index in [9.17, 15) is 4.79 Å². The van der Waals surface area contributed by atoms with Gasteiger partial charge in [-0.15, -0.1) is 0 Å². The molecule has 0 bridgehead atoms. The van der Waals surface area contributed by atoms with Gasteiger partial charge in [-0.25, -0.2) is 0 Å². The van der Waals surface area contributed by atoms with E-state index in [1.54, 1.807) is 18.2 Å². The first-order chi connectivity index (χ1) is 9.70. The van der Waals surface area contributed by atoms with Crippen LogP contribution in [0.2, 0.25) is 5.02 Å². The van der Waals surface area contributed by atoms with Crippen LogP contribution in [-0.2, 0) is 9.53 Å². The maximum atomic E-state index is 12.2. The molecule has 106 valence electrons. The van der Waals surface area contributed by atoms with Gasteiger partial charge >= 0.3 is 0 Å². The smallest absolute Gasteiger partial charge is 0.253 e. The Morgan fingerprint density at radius 2 is 2.35 bits per heavy atom. The van der Waals surface area contributed by atoms with Crippen molar-refractivity contribution in [2.45, 2.75) is 25.4 Å². The van der Waals surface area contributed by atoms with Gasteiger partial charge in [0.05, 0.1) is 12.2 Å². The van der Waals surface area contributed by atoms with E-state index >= 15 is 0 Å². The molecule has 5 heteroatoms. The van der Waals surface area contributed by atoms with Gasteiger partial charge in [0.25, 0.3) is 5.91 Å². The number of benzene rings is 1. The zero-order chi connectivity index (χ0) is 14.4. The van der Waals surface area contributed by atoms with Crippen LogP contribution in [0.1, 0.15) is 24.8 Å². The van der Waals surface area contributed by atoms with Crippen LogP contribution in [-0.4, -0.2) is 25.2 Å². The summed E-state index contributed by atoms with van der Waals surface area (Å²) in [6.45, 7) is 0.898. The van der Waals surface area contributed by atoms with Gasteiger partial charge in [0, 0.05) is 17.2 Å². The number of halogens is 1. The van der Waals surface area contributed by atoms with Crippen LogP contribution in [0.5, 0.6) is 0 Å². The summed E-state index contributed by atoms with van der Waals surface area (Å²) in [7, 11) is 0. The highest BCUT2D eigenvalue weighted by Gasteiger charge is 2.22. The van der Waals surface area contributed by atoms with E-state index in [0.29, 0.717) is 22.9 Å². The van der Waals surface area contributed by atoms with Gasteiger partial charge in [0.15, 0.2) is 0 Å². The van der Waals surface area contributed by atoms with E-state index in [0.717, 1.165) is 19.3 Å². The molecule has 3 N–H and O–H groups in total. The number of hydrogen-bond donors (Lipinski definition) is 2. The van der Waals surface area contributed by atoms with Gasteiger partial charge in [-0.05, 0) is 37.5 Å². The third-order valence-electron chi connectivity index (χ3n) is 3.04. The van der Waals surface area contributed by atoms with Crippen molar-refractivity contribution in [3.8, 4) is 11.8 Å². The van der Waals surface area contributed by atoms with E-state index in [1.165, 1.54) is 0 Å². The van der Waals surface area contributed by atoms with E-state index in [4.69, 9.17) is 22.1 Å². The molecule has 4 nitrogen and oxygen atoms in total. The highest BCUT2D eigenvalue weighted by atomic mass is 35.5. The van der Waals surface area contributed by atoms with Gasteiger partial charge in [0.1, 0.15) is 6.10 Å². The molecule has 1 saturated heterocycles. The molecule has 1 amide bonds. The van der Waals surface area contributed by atoms with E-state index in [2.05, 4.69) is 17.2 Å². The van der Waals surface area contributed by atoms with Crippen LogP contribution >= 0.6 is 11.6 Å². The number of carbonyl (C=O) groups excluding carboxylic acids is 1. The van der Waals surface area contributed by atoms with E-state index in [1.807, 2.05) is 0 Å². The SMILES string of the molecule is NCC#Cc1ccc(Cl)cc1NC(=O)C1CCCCO1. The molecule has 1 aromatic carbocycles. The van der Waals surface area contributed by atoms with Crippen molar-refractivity contribution < 1.29 is 9.53 Å². The van der Waals surface area contributed by atoms with E-state index in [-0.39, 0.29) is 12.5 Å². The second-order valence-electron chi connectivity index (χ2n) is 4.54. The zero-order valence-corrected chi connectivity index (χ0v) is 11.9. The summed E-state index contributed by atoms with van der Waals surface area (Å²) >= 11 is 5.96. The lowest BCUT2D eigenvalue weighted by molar-refractivity contribution is -0.129. The van der Waals surface area contributed by atoms with Crippen LogP contribution in [0, 0.1) is 11.8 Å². The first-order valence-electron chi connectivity index (χ1n) is 6.61. The average molecular weight is 293 g/mol. The lowest BCUT2D eigenvalue weighted by atomic mass is 10.1. The minimum atomic E-state index is -0.391. The molecule has 0 aromatic heterocycles. The predicted octanol–water partition coefficient (Wildman–Crippen LogP) is 2.16. The molecule has 1 aliphatic heterocycles. The second-order valence-corrected chi connectivity index (χ2v) is 4.98. The number of rotatable bonds is 2. The highest BCUT2D eigenvalue weighted by Crippen LogP contribution is 2.22. The minimum absolute atomic E-state index is 0.150. The van der Waals surface area contributed by atoms with Gasteiger partial charge in [0.2, 0.25) is 0 Å². The van der Waals surface area contributed by atoms with E-state index < -0.39 is 6.10 Å². The molecule has 0 aliphatic carbocycles. The molecule has 1 atom stereocenters. The summed E-state index contributed by atoms with van der Waals surface area (Å²) in [6.07, 6.45) is 2.37. The van der Waals surface area contributed by atoms with Crippen molar-refractivity contribution in [1.29, 1.82) is 0 Å². The number of carbonyl (C=O) groups is 1. The molecule has 20 heavy (non-hydrogen) atoms. The summed E-state index contributed by atoms with van der Waals surface area (Å²) in [5.74, 6) is 5.54. The summed E-state index contributed by atoms with van der Waals surface area (Å²) in [5, 5.41) is 3.38. The topological polar surface area (TPSA) is 64.3 Å². The normalized spacial score (nSPS) is 18.0. The number of anilines is 1. The molecule has 1 heterocycles. The molecule has 2 rings (SSSR count). The lowest BCUT2D eigenvalue weighted by Crippen LogP contribution is -2.33. The third-order valence-corrected chi connectivity index (χ3v) is 3.27. The Morgan fingerprint density at radius 1 is 1.50 bits per heavy atom. The number of nitrogens with one attached hydrogen (secondary N) is 1. The number of amides is 1. The summed E-state index contributed by atoms with van der Waals surface area (Å²) in [4.78, 5) is 12.2. The van der Waals surface area contributed by atoms with Crippen molar-refractivity contribution in [2.75, 3.05) is 18.5 Å². The van der Waals surface area contributed by atoms with Crippen molar-refractivity contribution in [2.24, 2.45) is 5.73 Å². The van der Waals surface area contributed by atoms with Crippen LogP contribution in [0.3, 0.4) is 0 Å². The zero-order valence-electron chi connectivity index (χ0n) is 11.1.